The first-order valence-corrected chi connectivity index (χ1v) is 9.24. The SMILES string of the molecule is Cl.O=C(Nc1ccc(C(=O)N2CCc3ccccc32)cc1)C1CCNCC1. The molecule has 4 rings (SSSR count). The van der Waals surface area contributed by atoms with E-state index in [2.05, 4.69) is 16.7 Å². The van der Waals surface area contributed by atoms with Crippen LogP contribution < -0.4 is 15.5 Å². The maximum atomic E-state index is 12.8. The predicted molar refractivity (Wildman–Crippen MR) is 110 cm³/mol. The Hall–Kier alpha value is -2.37. The van der Waals surface area contributed by atoms with Gasteiger partial charge in [-0.15, -0.1) is 12.4 Å². The third-order valence-electron chi connectivity index (χ3n) is 5.24. The largest absolute Gasteiger partial charge is 0.326 e. The quantitative estimate of drug-likeness (QED) is 0.852. The monoisotopic (exact) mass is 385 g/mol. The molecule has 142 valence electrons. The first-order chi connectivity index (χ1) is 12.7. The number of hydrogen-bond acceptors (Lipinski definition) is 3. The summed E-state index contributed by atoms with van der Waals surface area (Å²) in [6, 6.07) is 15.2. The van der Waals surface area contributed by atoms with E-state index >= 15 is 0 Å². The van der Waals surface area contributed by atoms with Gasteiger partial charge in [0.15, 0.2) is 0 Å². The Morgan fingerprint density at radius 1 is 1.00 bits per heavy atom. The number of nitrogens with zero attached hydrogens (tertiary/aromatic N) is 1. The minimum atomic E-state index is 0. The van der Waals surface area contributed by atoms with Crippen molar-refractivity contribution < 1.29 is 9.59 Å². The highest BCUT2D eigenvalue weighted by Crippen LogP contribution is 2.29. The van der Waals surface area contributed by atoms with Crippen LogP contribution in [0, 0.1) is 5.92 Å². The van der Waals surface area contributed by atoms with Gasteiger partial charge in [0, 0.05) is 29.4 Å². The maximum absolute atomic E-state index is 12.8. The average Bonchev–Trinajstić information content (AvgIpc) is 3.13. The topological polar surface area (TPSA) is 61.4 Å². The number of hydrogen-bond donors (Lipinski definition) is 2. The smallest absolute Gasteiger partial charge is 0.258 e. The van der Waals surface area contributed by atoms with Gasteiger partial charge < -0.3 is 15.5 Å². The van der Waals surface area contributed by atoms with Crippen LogP contribution in [-0.4, -0.2) is 31.4 Å². The zero-order valence-corrected chi connectivity index (χ0v) is 15.9. The zero-order valence-electron chi connectivity index (χ0n) is 15.1. The molecular weight excluding hydrogens is 362 g/mol. The predicted octanol–water partition coefficient (Wildman–Crippen LogP) is 3.25. The Morgan fingerprint density at radius 2 is 1.70 bits per heavy atom. The molecule has 1 saturated heterocycles. The molecule has 0 bridgehead atoms. The minimum Gasteiger partial charge on any atom is -0.326 e. The number of nitrogens with one attached hydrogen (secondary N) is 2. The molecule has 2 heterocycles. The second kappa shape index (κ2) is 8.55. The van der Waals surface area contributed by atoms with Crippen LogP contribution in [0.4, 0.5) is 11.4 Å². The summed E-state index contributed by atoms with van der Waals surface area (Å²) in [5.74, 6) is 0.142. The molecule has 2 aromatic rings. The Bertz CT molecular complexity index is 816. The van der Waals surface area contributed by atoms with Gasteiger partial charge in [-0.25, -0.2) is 0 Å². The van der Waals surface area contributed by atoms with Crippen LogP contribution in [0.2, 0.25) is 0 Å². The number of halogens is 1. The number of rotatable bonds is 3. The van der Waals surface area contributed by atoms with Gasteiger partial charge in [-0.2, -0.15) is 0 Å². The molecule has 6 heteroatoms. The molecular formula is C21H24ClN3O2. The normalized spacial score (nSPS) is 16.4. The van der Waals surface area contributed by atoms with E-state index in [9.17, 15) is 9.59 Å². The van der Waals surface area contributed by atoms with Gasteiger partial charge in [-0.3, -0.25) is 9.59 Å². The summed E-state index contributed by atoms with van der Waals surface area (Å²) in [6.07, 6.45) is 2.64. The molecule has 2 aromatic carbocycles. The lowest BCUT2D eigenvalue weighted by Gasteiger charge is -2.22. The van der Waals surface area contributed by atoms with Crippen molar-refractivity contribution in [2.75, 3.05) is 29.9 Å². The molecule has 2 N–H and O–H groups in total. The number of carbonyl (C=O) groups excluding carboxylic acids is 2. The Balaban J connectivity index is 0.00000210. The van der Waals surface area contributed by atoms with E-state index in [1.54, 1.807) is 12.1 Å². The van der Waals surface area contributed by atoms with Crippen LogP contribution in [-0.2, 0) is 11.2 Å². The van der Waals surface area contributed by atoms with Crippen molar-refractivity contribution in [3.05, 3.63) is 59.7 Å². The van der Waals surface area contributed by atoms with E-state index in [0.29, 0.717) is 12.1 Å². The molecule has 0 atom stereocenters. The number of piperidine rings is 1. The summed E-state index contributed by atoms with van der Waals surface area (Å²) >= 11 is 0. The Morgan fingerprint density at radius 3 is 2.44 bits per heavy atom. The second-order valence-electron chi connectivity index (χ2n) is 6.93. The van der Waals surface area contributed by atoms with Gasteiger partial charge >= 0.3 is 0 Å². The first-order valence-electron chi connectivity index (χ1n) is 9.24. The van der Waals surface area contributed by atoms with Gasteiger partial charge in [0.2, 0.25) is 5.91 Å². The average molecular weight is 386 g/mol. The van der Waals surface area contributed by atoms with Crippen molar-refractivity contribution in [3.63, 3.8) is 0 Å². The number of benzene rings is 2. The molecule has 5 nitrogen and oxygen atoms in total. The van der Waals surface area contributed by atoms with Crippen LogP contribution in [0.3, 0.4) is 0 Å². The molecule has 0 radical (unpaired) electrons. The molecule has 0 spiro atoms. The molecule has 2 aliphatic heterocycles. The maximum Gasteiger partial charge on any atom is 0.258 e. The summed E-state index contributed by atoms with van der Waals surface area (Å²) < 4.78 is 0. The van der Waals surface area contributed by atoms with E-state index in [1.807, 2.05) is 35.2 Å². The van der Waals surface area contributed by atoms with Crippen molar-refractivity contribution in [2.45, 2.75) is 19.3 Å². The summed E-state index contributed by atoms with van der Waals surface area (Å²) in [6.45, 7) is 2.50. The molecule has 0 unspecified atom stereocenters. The number of amides is 2. The van der Waals surface area contributed by atoms with Gasteiger partial charge in [0.05, 0.1) is 0 Å². The van der Waals surface area contributed by atoms with Crippen LogP contribution in [0.1, 0.15) is 28.8 Å². The van der Waals surface area contributed by atoms with Crippen LogP contribution in [0.25, 0.3) is 0 Å². The van der Waals surface area contributed by atoms with Gasteiger partial charge in [0.25, 0.3) is 5.91 Å². The standard InChI is InChI=1S/C21H23N3O2.ClH/c25-20(16-9-12-22-13-10-16)23-18-7-5-17(6-8-18)21(26)24-14-11-15-3-1-2-4-19(15)24;/h1-8,16,22H,9-14H2,(H,23,25);1H. The van der Waals surface area contributed by atoms with Gasteiger partial charge in [0.1, 0.15) is 0 Å². The number of carbonyl (C=O) groups is 2. The molecule has 0 aliphatic carbocycles. The van der Waals surface area contributed by atoms with E-state index in [4.69, 9.17) is 0 Å². The summed E-state index contributed by atoms with van der Waals surface area (Å²) in [7, 11) is 0. The van der Waals surface area contributed by atoms with E-state index < -0.39 is 0 Å². The van der Waals surface area contributed by atoms with E-state index in [0.717, 1.165) is 43.7 Å². The summed E-state index contributed by atoms with van der Waals surface area (Å²) in [5, 5.41) is 6.24. The first kappa shape index (κ1) is 19.4. The van der Waals surface area contributed by atoms with Gasteiger partial charge in [-0.1, -0.05) is 18.2 Å². The number of anilines is 2. The molecule has 2 aliphatic rings. The van der Waals surface area contributed by atoms with Crippen LogP contribution >= 0.6 is 12.4 Å². The molecule has 2 amide bonds. The van der Waals surface area contributed by atoms with Crippen molar-refractivity contribution in [3.8, 4) is 0 Å². The number of para-hydroxylation sites is 1. The third kappa shape index (κ3) is 4.15. The van der Waals surface area contributed by atoms with Crippen molar-refractivity contribution in [1.29, 1.82) is 0 Å². The number of fused-ring (bicyclic) bond motifs is 1. The third-order valence-corrected chi connectivity index (χ3v) is 5.24. The molecule has 0 saturated carbocycles. The van der Waals surface area contributed by atoms with Crippen molar-refractivity contribution in [1.82, 2.24) is 5.32 Å². The minimum absolute atomic E-state index is 0. The Kier molecular flexibility index (Phi) is 6.14. The van der Waals surface area contributed by atoms with Crippen LogP contribution in [0.5, 0.6) is 0 Å². The fraction of sp³-hybridized carbons (Fsp3) is 0.333. The molecule has 1 fully saturated rings. The van der Waals surface area contributed by atoms with Crippen molar-refractivity contribution >= 4 is 35.6 Å². The highest BCUT2D eigenvalue weighted by Gasteiger charge is 2.25. The summed E-state index contributed by atoms with van der Waals surface area (Å²) in [5.41, 5.74) is 3.60. The van der Waals surface area contributed by atoms with E-state index in [-0.39, 0.29) is 30.1 Å². The summed E-state index contributed by atoms with van der Waals surface area (Å²) in [4.78, 5) is 27.0. The highest BCUT2D eigenvalue weighted by atomic mass is 35.5. The van der Waals surface area contributed by atoms with Crippen LogP contribution in [0.15, 0.2) is 48.5 Å². The lowest BCUT2D eigenvalue weighted by molar-refractivity contribution is -0.120. The molecule has 0 aromatic heterocycles. The Labute approximate surface area is 165 Å². The van der Waals surface area contributed by atoms with Gasteiger partial charge in [-0.05, 0) is 68.2 Å². The second-order valence-corrected chi connectivity index (χ2v) is 6.93. The lowest BCUT2D eigenvalue weighted by atomic mass is 9.97. The fourth-order valence-corrected chi connectivity index (χ4v) is 3.73. The lowest BCUT2D eigenvalue weighted by Crippen LogP contribution is -2.34. The fourth-order valence-electron chi connectivity index (χ4n) is 3.73. The van der Waals surface area contributed by atoms with E-state index in [1.165, 1.54) is 5.56 Å². The highest BCUT2D eigenvalue weighted by molar-refractivity contribution is 6.07. The molecule has 27 heavy (non-hydrogen) atoms. The zero-order chi connectivity index (χ0) is 17.9. The van der Waals surface area contributed by atoms with Crippen molar-refractivity contribution in [2.24, 2.45) is 5.92 Å².